The Morgan fingerprint density at radius 1 is 1.37 bits per heavy atom. The highest BCUT2D eigenvalue weighted by Gasteiger charge is 2.21. The molecule has 104 valence electrons. The lowest BCUT2D eigenvalue weighted by molar-refractivity contribution is -0.141. The Kier molecular flexibility index (Phi) is 5.35. The standard InChI is InChI=1S/C13H16BrNO4/c1-7(13(17)18)8(2)15-12(16)9-4-5-11(19-3)10(14)6-9/h4-8H,1-3H3,(H,15,16)(H,17,18). The molecule has 2 N–H and O–H groups in total. The first-order valence-electron chi connectivity index (χ1n) is 5.74. The number of nitrogens with one attached hydrogen (secondary N) is 1. The van der Waals surface area contributed by atoms with Crippen molar-refractivity contribution in [2.24, 2.45) is 5.92 Å². The van der Waals surface area contributed by atoms with E-state index in [4.69, 9.17) is 9.84 Å². The molecule has 0 radical (unpaired) electrons. The second kappa shape index (κ2) is 6.56. The van der Waals surface area contributed by atoms with Crippen LogP contribution in [0.5, 0.6) is 5.75 Å². The number of aliphatic carboxylic acids is 1. The first-order chi connectivity index (χ1) is 8.86. The molecule has 0 heterocycles. The Morgan fingerprint density at radius 3 is 2.47 bits per heavy atom. The minimum absolute atomic E-state index is 0.316. The summed E-state index contributed by atoms with van der Waals surface area (Å²) in [6, 6.07) is 4.47. The van der Waals surface area contributed by atoms with Crippen LogP contribution in [0, 0.1) is 5.92 Å². The number of ether oxygens (including phenoxy) is 1. The lowest BCUT2D eigenvalue weighted by atomic mass is 10.0. The van der Waals surface area contributed by atoms with Crippen molar-refractivity contribution in [3.8, 4) is 5.75 Å². The highest BCUT2D eigenvalue weighted by molar-refractivity contribution is 9.10. The maximum atomic E-state index is 12.0. The summed E-state index contributed by atoms with van der Waals surface area (Å²) >= 11 is 3.29. The summed E-state index contributed by atoms with van der Waals surface area (Å²) in [4.78, 5) is 22.8. The molecule has 0 aromatic heterocycles. The Hall–Kier alpha value is -1.56. The van der Waals surface area contributed by atoms with Gasteiger partial charge in [-0.05, 0) is 48.0 Å². The zero-order chi connectivity index (χ0) is 14.6. The van der Waals surface area contributed by atoms with Crippen LogP contribution in [-0.4, -0.2) is 30.1 Å². The third-order valence-corrected chi connectivity index (χ3v) is 3.53. The highest BCUT2D eigenvalue weighted by Crippen LogP contribution is 2.25. The lowest BCUT2D eigenvalue weighted by Gasteiger charge is -2.18. The second-order valence-electron chi connectivity index (χ2n) is 4.24. The highest BCUT2D eigenvalue weighted by atomic mass is 79.9. The van der Waals surface area contributed by atoms with E-state index in [1.165, 1.54) is 7.11 Å². The number of hydrogen-bond acceptors (Lipinski definition) is 3. The first kappa shape index (κ1) is 15.5. The summed E-state index contributed by atoms with van der Waals surface area (Å²) in [5.41, 5.74) is 0.442. The van der Waals surface area contributed by atoms with Gasteiger partial charge in [0, 0.05) is 11.6 Å². The van der Waals surface area contributed by atoms with Crippen molar-refractivity contribution in [2.75, 3.05) is 7.11 Å². The molecular formula is C13H16BrNO4. The Bertz CT molecular complexity index is 490. The van der Waals surface area contributed by atoms with Gasteiger partial charge in [-0.15, -0.1) is 0 Å². The van der Waals surface area contributed by atoms with Crippen LogP contribution in [0.4, 0.5) is 0 Å². The van der Waals surface area contributed by atoms with Crippen molar-refractivity contribution in [1.29, 1.82) is 0 Å². The van der Waals surface area contributed by atoms with E-state index in [9.17, 15) is 9.59 Å². The number of carboxylic acid groups (broad SMARTS) is 1. The molecule has 2 unspecified atom stereocenters. The van der Waals surface area contributed by atoms with E-state index in [0.29, 0.717) is 15.8 Å². The van der Waals surface area contributed by atoms with E-state index in [2.05, 4.69) is 21.2 Å². The number of halogens is 1. The maximum absolute atomic E-state index is 12.0. The van der Waals surface area contributed by atoms with Crippen molar-refractivity contribution >= 4 is 27.8 Å². The van der Waals surface area contributed by atoms with Gasteiger partial charge in [0.25, 0.3) is 5.91 Å². The fourth-order valence-corrected chi connectivity index (χ4v) is 1.98. The molecule has 0 aliphatic rings. The zero-order valence-electron chi connectivity index (χ0n) is 10.9. The van der Waals surface area contributed by atoms with E-state index >= 15 is 0 Å². The largest absolute Gasteiger partial charge is 0.496 e. The fraction of sp³-hybridized carbons (Fsp3) is 0.385. The molecule has 1 amide bonds. The number of amides is 1. The quantitative estimate of drug-likeness (QED) is 0.869. The Morgan fingerprint density at radius 2 is 2.00 bits per heavy atom. The van der Waals surface area contributed by atoms with Gasteiger partial charge in [-0.3, -0.25) is 9.59 Å². The van der Waals surface area contributed by atoms with Crippen LogP contribution in [0.15, 0.2) is 22.7 Å². The van der Waals surface area contributed by atoms with E-state index in [-0.39, 0.29) is 5.91 Å². The van der Waals surface area contributed by atoms with Gasteiger partial charge in [0.1, 0.15) is 5.75 Å². The van der Waals surface area contributed by atoms with Crippen molar-refractivity contribution in [1.82, 2.24) is 5.32 Å². The number of carbonyl (C=O) groups excluding carboxylic acids is 1. The van der Waals surface area contributed by atoms with Crippen LogP contribution in [0.1, 0.15) is 24.2 Å². The molecule has 6 heteroatoms. The van der Waals surface area contributed by atoms with Crippen LogP contribution >= 0.6 is 15.9 Å². The summed E-state index contributed by atoms with van der Waals surface area (Å²) in [5, 5.41) is 11.5. The number of carboxylic acids is 1. The second-order valence-corrected chi connectivity index (χ2v) is 5.09. The summed E-state index contributed by atoms with van der Waals surface area (Å²) in [6.45, 7) is 3.21. The smallest absolute Gasteiger partial charge is 0.308 e. The molecule has 0 saturated heterocycles. The predicted octanol–water partition coefficient (Wildman–Crippen LogP) is 2.30. The molecular weight excluding hydrogens is 314 g/mol. The van der Waals surface area contributed by atoms with E-state index in [1.54, 1.807) is 32.0 Å². The fourth-order valence-electron chi connectivity index (χ4n) is 1.44. The number of methoxy groups -OCH3 is 1. The SMILES string of the molecule is COc1ccc(C(=O)NC(C)C(C)C(=O)O)cc1Br. The zero-order valence-corrected chi connectivity index (χ0v) is 12.5. The molecule has 0 fully saturated rings. The van der Waals surface area contributed by atoms with Gasteiger partial charge in [-0.25, -0.2) is 0 Å². The average Bonchev–Trinajstić information content (AvgIpc) is 2.37. The monoisotopic (exact) mass is 329 g/mol. The van der Waals surface area contributed by atoms with Crippen LogP contribution in [0.3, 0.4) is 0 Å². The molecule has 1 aromatic rings. The summed E-state index contributed by atoms with van der Waals surface area (Å²) in [5.74, 6) is -1.28. The molecule has 2 atom stereocenters. The van der Waals surface area contributed by atoms with Gasteiger partial charge in [0.2, 0.25) is 0 Å². The third kappa shape index (κ3) is 3.96. The van der Waals surface area contributed by atoms with Gasteiger partial charge in [-0.2, -0.15) is 0 Å². The first-order valence-corrected chi connectivity index (χ1v) is 6.53. The summed E-state index contributed by atoms with van der Waals surface area (Å²) in [7, 11) is 1.54. The van der Waals surface area contributed by atoms with Gasteiger partial charge in [0.15, 0.2) is 0 Å². The molecule has 19 heavy (non-hydrogen) atoms. The van der Waals surface area contributed by atoms with E-state index in [1.807, 2.05) is 0 Å². The number of rotatable bonds is 5. The number of hydrogen-bond donors (Lipinski definition) is 2. The summed E-state index contributed by atoms with van der Waals surface area (Å²) < 4.78 is 5.74. The molecule has 1 rings (SSSR count). The molecule has 0 bridgehead atoms. The maximum Gasteiger partial charge on any atom is 0.308 e. The van der Waals surface area contributed by atoms with E-state index < -0.39 is 17.9 Å². The van der Waals surface area contributed by atoms with Crippen molar-refractivity contribution < 1.29 is 19.4 Å². The average molecular weight is 330 g/mol. The predicted molar refractivity (Wildman–Crippen MR) is 74.4 cm³/mol. The molecule has 0 aliphatic carbocycles. The third-order valence-electron chi connectivity index (χ3n) is 2.91. The minimum atomic E-state index is -0.941. The summed E-state index contributed by atoms with van der Waals surface area (Å²) in [6.07, 6.45) is 0. The molecule has 1 aromatic carbocycles. The Labute approximate surface area is 120 Å². The topological polar surface area (TPSA) is 75.6 Å². The van der Waals surface area contributed by atoms with E-state index in [0.717, 1.165) is 0 Å². The number of carbonyl (C=O) groups is 2. The van der Waals surface area contributed by atoms with Crippen LogP contribution in [0.2, 0.25) is 0 Å². The van der Waals surface area contributed by atoms with Crippen molar-refractivity contribution in [3.05, 3.63) is 28.2 Å². The van der Waals surface area contributed by atoms with Crippen LogP contribution in [-0.2, 0) is 4.79 Å². The molecule has 0 spiro atoms. The lowest BCUT2D eigenvalue weighted by Crippen LogP contribution is -2.40. The van der Waals surface area contributed by atoms with Gasteiger partial charge in [-0.1, -0.05) is 0 Å². The van der Waals surface area contributed by atoms with Gasteiger partial charge >= 0.3 is 5.97 Å². The van der Waals surface area contributed by atoms with Crippen molar-refractivity contribution in [3.63, 3.8) is 0 Å². The normalized spacial score (nSPS) is 13.5. The molecule has 0 aliphatic heterocycles. The van der Waals surface area contributed by atoms with Crippen LogP contribution in [0.25, 0.3) is 0 Å². The van der Waals surface area contributed by atoms with Crippen LogP contribution < -0.4 is 10.1 Å². The molecule has 0 saturated carbocycles. The Balaban J connectivity index is 2.78. The molecule has 5 nitrogen and oxygen atoms in total. The van der Waals surface area contributed by atoms with Gasteiger partial charge < -0.3 is 15.2 Å². The van der Waals surface area contributed by atoms with Gasteiger partial charge in [0.05, 0.1) is 17.5 Å². The van der Waals surface area contributed by atoms with Crippen molar-refractivity contribution in [2.45, 2.75) is 19.9 Å². The minimum Gasteiger partial charge on any atom is -0.496 e. The number of benzene rings is 1.